The lowest BCUT2D eigenvalue weighted by Gasteiger charge is -2.07. The van der Waals surface area contributed by atoms with Crippen molar-refractivity contribution in [3.63, 3.8) is 0 Å². The minimum absolute atomic E-state index is 0.163. The summed E-state index contributed by atoms with van der Waals surface area (Å²) in [5.74, 6) is 0. The van der Waals surface area contributed by atoms with Gasteiger partial charge < -0.3 is 5.32 Å². The molecule has 0 aromatic carbocycles. The lowest BCUT2D eigenvalue weighted by molar-refractivity contribution is 0.514. The van der Waals surface area contributed by atoms with Crippen LogP contribution in [0, 0.1) is 0 Å². The van der Waals surface area contributed by atoms with Gasteiger partial charge in [-0.2, -0.15) is 10.2 Å². The van der Waals surface area contributed by atoms with Crippen LogP contribution in [-0.4, -0.2) is 41.0 Å². The molecule has 116 valence electrons. The van der Waals surface area contributed by atoms with Crippen molar-refractivity contribution in [2.75, 3.05) is 6.54 Å². The zero-order valence-corrected chi connectivity index (χ0v) is 12.9. The number of hydrogen-bond donors (Lipinski definition) is 3. The zero-order valence-electron chi connectivity index (χ0n) is 12.1. The van der Waals surface area contributed by atoms with Gasteiger partial charge in [0.15, 0.2) is 0 Å². The van der Waals surface area contributed by atoms with E-state index in [0.29, 0.717) is 12.6 Å². The molecule has 3 N–H and O–H groups in total. The van der Waals surface area contributed by atoms with Crippen LogP contribution in [0.5, 0.6) is 0 Å². The zero-order chi connectivity index (χ0) is 15.3. The van der Waals surface area contributed by atoms with E-state index >= 15 is 0 Å². The van der Waals surface area contributed by atoms with Gasteiger partial charge >= 0.3 is 0 Å². The maximum Gasteiger partial charge on any atom is 0.243 e. The summed E-state index contributed by atoms with van der Waals surface area (Å²) in [7, 11) is -3.55. The van der Waals surface area contributed by atoms with Crippen molar-refractivity contribution in [3.8, 4) is 0 Å². The Balaban J connectivity index is 1.92. The fraction of sp³-hybridized carbons (Fsp3) is 0.500. The second-order valence-electron chi connectivity index (χ2n) is 4.98. The average Bonchev–Trinajstić information content (AvgIpc) is 3.07. The van der Waals surface area contributed by atoms with E-state index in [0.717, 1.165) is 12.1 Å². The van der Waals surface area contributed by atoms with Gasteiger partial charge in [0.1, 0.15) is 4.90 Å². The molecule has 0 aliphatic heterocycles. The number of H-pyrrole nitrogens is 1. The number of nitrogens with one attached hydrogen (secondary N) is 3. The van der Waals surface area contributed by atoms with Crippen LogP contribution >= 0.6 is 0 Å². The molecule has 0 bridgehead atoms. The van der Waals surface area contributed by atoms with Gasteiger partial charge in [0, 0.05) is 37.1 Å². The third-order valence-corrected chi connectivity index (χ3v) is 4.19. The number of aromatic nitrogens is 4. The summed E-state index contributed by atoms with van der Waals surface area (Å²) in [6, 6.07) is 0.389. The Hall–Kier alpha value is -1.71. The van der Waals surface area contributed by atoms with Crippen LogP contribution in [-0.2, 0) is 23.1 Å². The van der Waals surface area contributed by atoms with E-state index < -0.39 is 10.0 Å². The highest BCUT2D eigenvalue weighted by molar-refractivity contribution is 7.89. The Kier molecular flexibility index (Phi) is 5.10. The Labute approximate surface area is 124 Å². The molecule has 0 radical (unpaired) electrons. The number of nitrogens with zero attached hydrogens (tertiary/aromatic N) is 3. The van der Waals surface area contributed by atoms with E-state index in [4.69, 9.17) is 0 Å². The largest absolute Gasteiger partial charge is 0.313 e. The summed E-state index contributed by atoms with van der Waals surface area (Å²) in [6.45, 7) is 5.66. The van der Waals surface area contributed by atoms with Crippen molar-refractivity contribution in [3.05, 3.63) is 30.4 Å². The topological polar surface area (TPSA) is 105 Å². The fourth-order valence-electron chi connectivity index (χ4n) is 1.71. The molecule has 0 aliphatic carbocycles. The van der Waals surface area contributed by atoms with Gasteiger partial charge in [-0.05, 0) is 0 Å². The van der Waals surface area contributed by atoms with Crippen molar-refractivity contribution >= 4 is 10.0 Å². The summed E-state index contributed by atoms with van der Waals surface area (Å²) >= 11 is 0. The van der Waals surface area contributed by atoms with Gasteiger partial charge in [-0.1, -0.05) is 13.8 Å². The highest BCUT2D eigenvalue weighted by atomic mass is 32.2. The molecule has 2 aromatic rings. The summed E-state index contributed by atoms with van der Waals surface area (Å²) in [4.78, 5) is 0.163. The van der Waals surface area contributed by atoms with Crippen molar-refractivity contribution in [2.24, 2.45) is 0 Å². The first-order valence-electron chi connectivity index (χ1n) is 6.70. The maximum absolute atomic E-state index is 12.1. The van der Waals surface area contributed by atoms with E-state index in [9.17, 15) is 8.42 Å². The Morgan fingerprint density at radius 1 is 1.38 bits per heavy atom. The molecule has 0 saturated heterocycles. The van der Waals surface area contributed by atoms with Crippen molar-refractivity contribution in [1.82, 2.24) is 30.0 Å². The molecule has 2 rings (SSSR count). The standard InChI is InChI=1S/C12H20N6O2S/c1-10(2)13-3-4-18-9-12(8-16-18)21(19,20)17-7-11-5-14-15-6-11/h5-6,8-10,13,17H,3-4,7H2,1-2H3,(H,14,15). The van der Waals surface area contributed by atoms with Gasteiger partial charge in [0.25, 0.3) is 0 Å². The van der Waals surface area contributed by atoms with E-state index in [-0.39, 0.29) is 11.4 Å². The first-order chi connectivity index (χ1) is 9.97. The van der Waals surface area contributed by atoms with Crippen LogP contribution in [0.3, 0.4) is 0 Å². The van der Waals surface area contributed by atoms with Crippen LogP contribution in [0.15, 0.2) is 29.7 Å². The molecule has 0 amide bonds. The van der Waals surface area contributed by atoms with Gasteiger partial charge in [0.05, 0.1) is 18.9 Å². The molecule has 21 heavy (non-hydrogen) atoms. The van der Waals surface area contributed by atoms with E-state index in [1.54, 1.807) is 17.1 Å². The number of aromatic amines is 1. The summed E-state index contributed by atoms with van der Waals surface area (Å²) in [6.07, 6.45) is 6.10. The second kappa shape index (κ2) is 6.83. The van der Waals surface area contributed by atoms with Crippen LogP contribution in [0.1, 0.15) is 19.4 Å². The maximum atomic E-state index is 12.1. The van der Waals surface area contributed by atoms with Crippen LogP contribution in [0.2, 0.25) is 0 Å². The van der Waals surface area contributed by atoms with Crippen LogP contribution in [0.4, 0.5) is 0 Å². The molecule has 8 nitrogen and oxygen atoms in total. The Morgan fingerprint density at radius 3 is 2.86 bits per heavy atom. The van der Waals surface area contributed by atoms with Gasteiger partial charge in [-0.3, -0.25) is 9.78 Å². The smallest absolute Gasteiger partial charge is 0.243 e. The molecule has 0 aliphatic rings. The third-order valence-electron chi connectivity index (χ3n) is 2.83. The van der Waals surface area contributed by atoms with Crippen LogP contribution in [0.25, 0.3) is 0 Å². The van der Waals surface area contributed by atoms with E-state index in [1.807, 2.05) is 0 Å². The predicted octanol–water partition coefficient (Wildman–Crippen LogP) is 0.0827. The van der Waals surface area contributed by atoms with Crippen molar-refractivity contribution < 1.29 is 8.42 Å². The molecule has 2 heterocycles. The molecule has 2 aromatic heterocycles. The Morgan fingerprint density at radius 2 is 2.19 bits per heavy atom. The molecule has 0 spiro atoms. The monoisotopic (exact) mass is 312 g/mol. The minimum Gasteiger partial charge on any atom is -0.313 e. The normalized spacial score (nSPS) is 12.1. The van der Waals surface area contributed by atoms with Crippen molar-refractivity contribution in [1.29, 1.82) is 0 Å². The average molecular weight is 312 g/mol. The predicted molar refractivity (Wildman–Crippen MR) is 78.0 cm³/mol. The first-order valence-corrected chi connectivity index (χ1v) is 8.19. The molecular weight excluding hydrogens is 292 g/mol. The lowest BCUT2D eigenvalue weighted by atomic mass is 10.4. The summed E-state index contributed by atoms with van der Waals surface area (Å²) in [5.41, 5.74) is 0.770. The highest BCUT2D eigenvalue weighted by Gasteiger charge is 2.16. The third kappa shape index (κ3) is 4.66. The number of hydrogen-bond acceptors (Lipinski definition) is 5. The van der Waals surface area contributed by atoms with E-state index in [1.165, 1.54) is 12.4 Å². The van der Waals surface area contributed by atoms with Crippen LogP contribution < -0.4 is 10.0 Å². The summed E-state index contributed by atoms with van der Waals surface area (Å²) in [5, 5.41) is 13.7. The van der Waals surface area contributed by atoms with Gasteiger partial charge in [-0.15, -0.1) is 0 Å². The summed E-state index contributed by atoms with van der Waals surface area (Å²) < 4.78 is 28.3. The molecule has 0 fully saturated rings. The van der Waals surface area contributed by atoms with Gasteiger partial charge in [0.2, 0.25) is 10.0 Å². The molecule has 9 heteroatoms. The number of sulfonamides is 1. The first kappa shape index (κ1) is 15.7. The van der Waals surface area contributed by atoms with Gasteiger partial charge in [-0.25, -0.2) is 13.1 Å². The molecule has 0 atom stereocenters. The lowest BCUT2D eigenvalue weighted by Crippen LogP contribution is -2.26. The highest BCUT2D eigenvalue weighted by Crippen LogP contribution is 2.07. The SMILES string of the molecule is CC(C)NCCn1cc(S(=O)(=O)NCc2cn[nH]c2)cn1. The quantitative estimate of drug-likeness (QED) is 0.640. The number of rotatable bonds is 8. The van der Waals surface area contributed by atoms with Crippen molar-refractivity contribution in [2.45, 2.75) is 37.9 Å². The Bertz CT molecular complexity index is 647. The van der Waals surface area contributed by atoms with E-state index in [2.05, 4.69) is 39.2 Å². The minimum atomic E-state index is -3.55. The molecule has 0 saturated carbocycles. The second-order valence-corrected chi connectivity index (χ2v) is 6.75. The molecule has 0 unspecified atom stereocenters. The molecular formula is C12H20N6O2S. The fourth-order valence-corrected chi connectivity index (χ4v) is 2.68.